The number of rotatable bonds is 4. The predicted octanol–water partition coefficient (Wildman–Crippen LogP) is 2.45. The van der Waals surface area contributed by atoms with E-state index >= 15 is 0 Å². The van der Waals surface area contributed by atoms with Gasteiger partial charge in [-0.25, -0.2) is 0 Å². The van der Waals surface area contributed by atoms with Gasteiger partial charge in [-0.15, -0.1) is 10.2 Å². The lowest BCUT2D eigenvalue weighted by Crippen LogP contribution is -2.38. The maximum Gasteiger partial charge on any atom is 0.271 e. The van der Waals surface area contributed by atoms with E-state index in [4.69, 9.17) is 0 Å². The second-order valence-corrected chi connectivity index (χ2v) is 7.03. The highest BCUT2D eigenvalue weighted by Gasteiger charge is 2.26. The lowest BCUT2D eigenvalue weighted by atomic mass is 9.96. The van der Waals surface area contributed by atoms with Gasteiger partial charge in [0.1, 0.15) is 0 Å². The molecule has 0 radical (unpaired) electrons. The summed E-state index contributed by atoms with van der Waals surface area (Å²) in [6.45, 7) is 1.46. The molecule has 1 aromatic heterocycles. The lowest BCUT2D eigenvalue weighted by Gasteiger charge is -2.31. The van der Waals surface area contributed by atoms with Gasteiger partial charge in [-0.1, -0.05) is 15.9 Å². The van der Waals surface area contributed by atoms with E-state index in [1.807, 2.05) is 24.3 Å². The molecule has 136 valence electrons. The number of halogens is 1. The first-order chi connectivity index (χ1) is 12.6. The Balaban J connectivity index is 1.54. The summed E-state index contributed by atoms with van der Waals surface area (Å²) >= 11 is 3.38. The van der Waals surface area contributed by atoms with Crippen LogP contribution in [0.4, 0.5) is 11.5 Å². The minimum absolute atomic E-state index is 0.0204. The van der Waals surface area contributed by atoms with Gasteiger partial charge in [0.25, 0.3) is 5.91 Å². The van der Waals surface area contributed by atoms with Crippen LogP contribution in [0, 0.1) is 5.92 Å². The number of anilines is 2. The number of hydrogen-bond donors (Lipinski definition) is 2. The van der Waals surface area contributed by atoms with Crippen LogP contribution in [0.2, 0.25) is 0 Å². The minimum atomic E-state index is -0.257. The zero-order valence-electron chi connectivity index (χ0n) is 14.4. The minimum Gasteiger partial charge on any atom is -0.355 e. The number of carbonyl (C=O) groups is 2. The molecule has 2 heterocycles. The molecule has 0 bridgehead atoms. The van der Waals surface area contributed by atoms with Crippen molar-refractivity contribution in [1.29, 1.82) is 0 Å². The summed E-state index contributed by atoms with van der Waals surface area (Å²) in [5.41, 5.74) is 1.09. The number of piperidine rings is 1. The first kappa shape index (κ1) is 18.3. The van der Waals surface area contributed by atoms with E-state index in [0.717, 1.165) is 41.9 Å². The van der Waals surface area contributed by atoms with Crippen LogP contribution in [0.3, 0.4) is 0 Å². The Hall–Kier alpha value is -2.48. The zero-order valence-corrected chi connectivity index (χ0v) is 16.0. The van der Waals surface area contributed by atoms with Gasteiger partial charge in [-0.05, 0) is 49.2 Å². The molecule has 1 fully saturated rings. The van der Waals surface area contributed by atoms with E-state index in [1.165, 1.54) is 0 Å². The Morgan fingerprint density at radius 3 is 2.35 bits per heavy atom. The van der Waals surface area contributed by atoms with Crippen molar-refractivity contribution in [1.82, 2.24) is 15.5 Å². The molecule has 3 rings (SSSR count). The van der Waals surface area contributed by atoms with Crippen molar-refractivity contribution in [3.05, 3.63) is 46.6 Å². The van der Waals surface area contributed by atoms with E-state index in [1.54, 1.807) is 19.2 Å². The zero-order chi connectivity index (χ0) is 18.5. The molecule has 0 unspecified atom stereocenters. The summed E-state index contributed by atoms with van der Waals surface area (Å²) in [6.07, 6.45) is 1.50. The molecule has 8 heteroatoms. The summed E-state index contributed by atoms with van der Waals surface area (Å²) in [7, 11) is 1.56. The first-order valence-electron chi connectivity index (χ1n) is 8.44. The van der Waals surface area contributed by atoms with Gasteiger partial charge in [0.05, 0.1) is 0 Å². The van der Waals surface area contributed by atoms with Crippen molar-refractivity contribution < 1.29 is 9.59 Å². The standard InChI is InChI=1S/C18H20BrN5O2/c1-20-18(26)15-6-7-16(23-22-15)24-10-8-12(9-11-24)17(25)21-14-4-2-13(19)3-5-14/h2-7,12H,8-11H2,1H3,(H,20,26)(H,21,25). The summed E-state index contributed by atoms with van der Waals surface area (Å²) in [5.74, 6) is 0.498. The van der Waals surface area contributed by atoms with E-state index < -0.39 is 0 Å². The molecule has 1 aliphatic heterocycles. The quantitative estimate of drug-likeness (QED) is 0.797. The van der Waals surface area contributed by atoms with Crippen LogP contribution < -0.4 is 15.5 Å². The summed E-state index contributed by atoms with van der Waals surface area (Å²) in [5, 5.41) is 13.6. The fraction of sp³-hybridized carbons (Fsp3) is 0.333. The number of hydrogen-bond acceptors (Lipinski definition) is 5. The van der Waals surface area contributed by atoms with Gasteiger partial charge >= 0.3 is 0 Å². The topological polar surface area (TPSA) is 87.2 Å². The number of amides is 2. The van der Waals surface area contributed by atoms with Crippen LogP contribution in [-0.2, 0) is 4.79 Å². The predicted molar refractivity (Wildman–Crippen MR) is 103 cm³/mol. The molecule has 2 aromatic rings. The molecule has 2 amide bonds. The van der Waals surface area contributed by atoms with Crippen molar-refractivity contribution in [3.63, 3.8) is 0 Å². The third-order valence-corrected chi connectivity index (χ3v) is 4.94. The number of aromatic nitrogens is 2. The number of nitrogens with one attached hydrogen (secondary N) is 2. The van der Waals surface area contributed by atoms with E-state index in [0.29, 0.717) is 5.69 Å². The van der Waals surface area contributed by atoms with Gasteiger partial charge in [0.15, 0.2) is 11.5 Å². The normalized spacial score (nSPS) is 14.8. The van der Waals surface area contributed by atoms with E-state index in [9.17, 15) is 9.59 Å². The smallest absolute Gasteiger partial charge is 0.271 e. The molecule has 2 N–H and O–H groups in total. The second-order valence-electron chi connectivity index (χ2n) is 6.11. The molecule has 0 aliphatic carbocycles. The fourth-order valence-corrected chi connectivity index (χ4v) is 3.16. The molecule has 0 spiro atoms. The second kappa shape index (κ2) is 8.27. The average Bonchev–Trinajstić information content (AvgIpc) is 2.69. The molecule has 1 aliphatic rings. The third-order valence-electron chi connectivity index (χ3n) is 4.41. The van der Waals surface area contributed by atoms with Gasteiger partial charge in [0, 0.05) is 36.2 Å². The molecule has 0 saturated carbocycles. The van der Waals surface area contributed by atoms with Gasteiger partial charge < -0.3 is 15.5 Å². The summed E-state index contributed by atoms with van der Waals surface area (Å²) in [4.78, 5) is 26.0. The first-order valence-corrected chi connectivity index (χ1v) is 9.23. The highest BCUT2D eigenvalue weighted by Crippen LogP contribution is 2.23. The van der Waals surface area contributed by atoms with Crippen molar-refractivity contribution >= 4 is 39.2 Å². The maximum absolute atomic E-state index is 12.4. The number of carbonyl (C=O) groups excluding carboxylic acids is 2. The van der Waals surface area contributed by atoms with Crippen LogP contribution in [0.25, 0.3) is 0 Å². The van der Waals surface area contributed by atoms with Crippen LogP contribution >= 0.6 is 15.9 Å². The Morgan fingerprint density at radius 2 is 1.77 bits per heavy atom. The molecule has 26 heavy (non-hydrogen) atoms. The van der Waals surface area contributed by atoms with Crippen LogP contribution in [0.15, 0.2) is 40.9 Å². The summed E-state index contributed by atoms with van der Waals surface area (Å²) < 4.78 is 0.979. The molecular formula is C18H20BrN5O2. The Labute approximate surface area is 160 Å². The highest BCUT2D eigenvalue weighted by molar-refractivity contribution is 9.10. The largest absolute Gasteiger partial charge is 0.355 e. The Bertz CT molecular complexity index is 771. The van der Waals surface area contributed by atoms with Crippen LogP contribution in [0.5, 0.6) is 0 Å². The van der Waals surface area contributed by atoms with Gasteiger partial charge in [0.2, 0.25) is 5.91 Å². The maximum atomic E-state index is 12.4. The number of benzene rings is 1. The van der Waals surface area contributed by atoms with Crippen molar-refractivity contribution in [3.8, 4) is 0 Å². The van der Waals surface area contributed by atoms with Gasteiger partial charge in [-0.3, -0.25) is 9.59 Å². The van der Waals surface area contributed by atoms with Crippen molar-refractivity contribution in [2.45, 2.75) is 12.8 Å². The van der Waals surface area contributed by atoms with E-state index in [-0.39, 0.29) is 17.7 Å². The third kappa shape index (κ3) is 4.37. The van der Waals surface area contributed by atoms with Crippen LogP contribution in [-0.4, -0.2) is 42.1 Å². The van der Waals surface area contributed by atoms with E-state index in [2.05, 4.69) is 41.7 Å². The molecule has 1 saturated heterocycles. The SMILES string of the molecule is CNC(=O)c1ccc(N2CCC(C(=O)Nc3ccc(Br)cc3)CC2)nn1. The average molecular weight is 418 g/mol. The molecular weight excluding hydrogens is 398 g/mol. The Morgan fingerprint density at radius 1 is 1.08 bits per heavy atom. The monoisotopic (exact) mass is 417 g/mol. The van der Waals surface area contributed by atoms with Gasteiger partial charge in [-0.2, -0.15) is 0 Å². The molecule has 1 aromatic carbocycles. The Kier molecular flexibility index (Phi) is 5.82. The summed E-state index contributed by atoms with van der Waals surface area (Å²) in [6, 6.07) is 11.0. The number of nitrogens with zero attached hydrogens (tertiary/aromatic N) is 3. The van der Waals surface area contributed by atoms with Crippen molar-refractivity contribution in [2.75, 3.05) is 30.4 Å². The van der Waals surface area contributed by atoms with Crippen LogP contribution in [0.1, 0.15) is 23.3 Å². The molecule has 0 atom stereocenters. The van der Waals surface area contributed by atoms with Crippen molar-refractivity contribution in [2.24, 2.45) is 5.92 Å². The fourth-order valence-electron chi connectivity index (χ4n) is 2.89. The highest BCUT2D eigenvalue weighted by atomic mass is 79.9. The lowest BCUT2D eigenvalue weighted by molar-refractivity contribution is -0.120. The molecule has 7 nitrogen and oxygen atoms in total.